The molecule has 2 unspecified atom stereocenters. The summed E-state index contributed by atoms with van der Waals surface area (Å²) >= 11 is 0. The van der Waals surface area contributed by atoms with Gasteiger partial charge in [0.15, 0.2) is 0 Å². The molecule has 0 radical (unpaired) electrons. The number of aliphatic hydroxyl groups excluding tert-OH is 1. The van der Waals surface area contributed by atoms with Gasteiger partial charge < -0.3 is 5.11 Å². The van der Waals surface area contributed by atoms with Crippen LogP contribution in [0.3, 0.4) is 0 Å². The van der Waals surface area contributed by atoms with E-state index in [4.69, 9.17) is 0 Å². The zero-order chi connectivity index (χ0) is 12.4. The number of hydrogen-bond acceptors (Lipinski definition) is 2. The lowest BCUT2D eigenvalue weighted by Crippen LogP contribution is -2.42. The number of nitriles is 1. The van der Waals surface area contributed by atoms with Gasteiger partial charge in [-0.2, -0.15) is 5.26 Å². The van der Waals surface area contributed by atoms with Crippen molar-refractivity contribution >= 4 is 0 Å². The Kier molecular flexibility index (Phi) is 4.02. The van der Waals surface area contributed by atoms with Crippen LogP contribution in [0.2, 0.25) is 0 Å². The van der Waals surface area contributed by atoms with Crippen LogP contribution in [0.5, 0.6) is 0 Å². The van der Waals surface area contributed by atoms with Gasteiger partial charge in [0.25, 0.3) is 0 Å². The fourth-order valence-electron chi connectivity index (χ4n) is 2.61. The summed E-state index contributed by atoms with van der Waals surface area (Å²) in [5, 5.41) is 19.8. The second kappa shape index (κ2) is 4.75. The van der Waals surface area contributed by atoms with E-state index >= 15 is 0 Å². The van der Waals surface area contributed by atoms with E-state index in [-0.39, 0.29) is 5.92 Å². The van der Waals surface area contributed by atoms with E-state index in [1.807, 2.05) is 6.92 Å². The molecule has 0 aromatic rings. The Morgan fingerprint density at radius 2 is 1.75 bits per heavy atom. The lowest BCUT2D eigenvalue weighted by Gasteiger charge is -2.43. The maximum absolute atomic E-state index is 10.3. The molecule has 2 heteroatoms. The van der Waals surface area contributed by atoms with Gasteiger partial charge in [0.1, 0.15) is 0 Å². The first-order valence-electron chi connectivity index (χ1n) is 6.46. The fourth-order valence-corrected chi connectivity index (χ4v) is 2.61. The van der Waals surface area contributed by atoms with Gasteiger partial charge in [0, 0.05) is 0 Å². The topological polar surface area (TPSA) is 44.0 Å². The third kappa shape index (κ3) is 2.58. The van der Waals surface area contributed by atoms with Gasteiger partial charge in [0.2, 0.25) is 0 Å². The molecule has 1 fully saturated rings. The maximum atomic E-state index is 10.3. The quantitative estimate of drug-likeness (QED) is 0.795. The first kappa shape index (κ1) is 13.5. The minimum atomic E-state index is -0.481. The first-order chi connectivity index (χ1) is 7.37. The van der Waals surface area contributed by atoms with Gasteiger partial charge in [-0.15, -0.1) is 0 Å². The van der Waals surface area contributed by atoms with Crippen molar-refractivity contribution < 1.29 is 5.11 Å². The highest BCUT2D eigenvalue weighted by Crippen LogP contribution is 2.48. The predicted octanol–water partition coefficient (Wildman–Crippen LogP) is 3.50. The summed E-state index contributed by atoms with van der Waals surface area (Å²) in [5.41, 5.74) is -0.138. The largest absolute Gasteiger partial charge is 0.391 e. The molecule has 0 bridgehead atoms. The summed E-state index contributed by atoms with van der Waals surface area (Å²) in [5.74, 6) is 0.223. The van der Waals surface area contributed by atoms with Crippen molar-refractivity contribution in [1.29, 1.82) is 5.26 Å². The predicted molar refractivity (Wildman–Crippen MR) is 65.8 cm³/mol. The van der Waals surface area contributed by atoms with E-state index in [0.29, 0.717) is 5.41 Å². The van der Waals surface area contributed by atoms with Crippen LogP contribution in [-0.4, -0.2) is 11.2 Å². The zero-order valence-electron chi connectivity index (χ0n) is 11.1. The lowest BCUT2D eigenvalue weighted by atomic mass is 9.61. The Labute approximate surface area is 99.7 Å². The van der Waals surface area contributed by atoms with Crippen molar-refractivity contribution in [2.45, 2.75) is 65.9 Å². The Morgan fingerprint density at radius 1 is 1.25 bits per heavy atom. The van der Waals surface area contributed by atoms with Crippen LogP contribution in [0.4, 0.5) is 0 Å². The van der Waals surface area contributed by atoms with E-state index in [1.165, 1.54) is 0 Å². The molecule has 1 aliphatic rings. The Hall–Kier alpha value is -0.550. The van der Waals surface area contributed by atoms with Crippen molar-refractivity contribution in [3.8, 4) is 6.07 Å². The van der Waals surface area contributed by atoms with Crippen LogP contribution in [0.1, 0.15) is 59.8 Å². The monoisotopic (exact) mass is 223 g/mol. The maximum Gasteiger partial charge on any atom is 0.0835 e. The van der Waals surface area contributed by atoms with Gasteiger partial charge in [-0.25, -0.2) is 0 Å². The van der Waals surface area contributed by atoms with Gasteiger partial charge in [-0.1, -0.05) is 34.1 Å². The van der Waals surface area contributed by atoms with Crippen molar-refractivity contribution in [2.75, 3.05) is 0 Å². The van der Waals surface area contributed by atoms with Gasteiger partial charge in [0.05, 0.1) is 17.6 Å². The second-order valence-electron chi connectivity index (χ2n) is 6.26. The fraction of sp³-hybridized carbons (Fsp3) is 0.929. The molecule has 1 rings (SSSR count). The van der Waals surface area contributed by atoms with E-state index in [0.717, 1.165) is 32.1 Å². The number of aliphatic hydroxyl groups is 1. The molecule has 1 aliphatic carbocycles. The van der Waals surface area contributed by atoms with Crippen LogP contribution >= 0.6 is 0 Å². The molecule has 2 atom stereocenters. The highest BCUT2D eigenvalue weighted by Gasteiger charge is 2.45. The third-order valence-corrected chi connectivity index (χ3v) is 4.47. The minimum absolute atomic E-state index is 0.223. The average molecular weight is 223 g/mol. The van der Waals surface area contributed by atoms with E-state index in [2.05, 4.69) is 26.8 Å². The van der Waals surface area contributed by atoms with Crippen molar-refractivity contribution in [3.05, 3.63) is 0 Å². The molecule has 16 heavy (non-hydrogen) atoms. The van der Waals surface area contributed by atoms with Gasteiger partial charge in [-0.3, -0.25) is 0 Å². The third-order valence-electron chi connectivity index (χ3n) is 4.47. The Balaban J connectivity index is 2.78. The number of nitrogens with zero attached hydrogens (tertiary/aromatic N) is 1. The average Bonchev–Trinajstić information content (AvgIpc) is 2.28. The zero-order valence-corrected chi connectivity index (χ0v) is 11.1. The van der Waals surface area contributed by atoms with Crippen LogP contribution in [0.15, 0.2) is 0 Å². The highest BCUT2D eigenvalue weighted by molar-refractivity contribution is 5.07. The molecular weight excluding hydrogens is 198 g/mol. The standard InChI is InChI=1S/C14H25NO/c1-5-11(2)12(16)14(10-15)8-6-13(3,4)7-9-14/h11-12,16H,5-9H2,1-4H3. The first-order valence-corrected chi connectivity index (χ1v) is 6.46. The van der Waals surface area contributed by atoms with Crippen LogP contribution in [0, 0.1) is 28.1 Å². The smallest absolute Gasteiger partial charge is 0.0835 e. The normalized spacial score (nSPS) is 26.8. The summed E-state index contributed by atoms with van der Waals surface area (Å²) in [6.45, 7) is 8.63. The van der Waals surface area contributed by atoms with Gasteiger partial charge >= 0.3 is 0 Å². The second-order valence-corrected chi connectivity index (χ2v) is 6.26. The summed E-state index contributed by atoms with van der Waals surface area (Å²) in [4.78, 5) is 0. The summed E-state index contributed by atoms with van der Waals surface area (Å²) in [6.07, 6.45) is 4.28. The molecule has 0 heterocycles. The molecule has 2 nitrogen and oxygen atoms in total. The van der Waals surface area contributed by atoms with E-state index < -0.39 is 11.5 Å². The van der Waals surface area contributed by atoms with Crippen LogP contribution in [0.25, 0.3) is 0 Å². The molecule has 1 saturated carbocycles. The molecule has 0 saturated heterocycles. The summed E-state index contributed by atoms with van der Waals surface area (Å²) in [6, 6.07) is 2.42. The number of rotatable bonds is 3. The van der Waals surface area contributed by atoms with Crippen molar-refractivity contribution in [3.63, 3.8) is 0 Å². The van der Waals surface area contributed by atoms with Crippen molar-refractivity contribution in [1.82, 2.24) is 0 Å². The lowest BCUT2D eigenvalue weighted by molar-refractivity contribution is -0.0219. The molecule has 0 aromatic carbocycles. The Morgan fingerprint density at radius 3 is 2.12 bits per heavy atom. The summed E-state index contributed by atoms with van der Waals surface area (Å²) < 4.78 is 0. The molecule has 0 aromatic heterocycles. The molecule has 92 valence electrons. The van der Waals surface area contributed by atoms with E-state index in [9.17, 15) is 10.4 Å². The minimum Gasteiger partial charge on any atom is -0.391 e. The van der Waals surface area contributed by atoms with Gasteiger partial charge in [-0.05, 0) is 37.0 Å². The number of hydrogen-bond donors (Lipinski definition) is 1. The molecule has 1 N–H and O–H groups in total. The van der Waals surface area contributed by atoms with Crippen LogP contribution < -0.4 is 0 Å². The molecule has 0 spiro atoms. The summed E-state index contributed by atoms with van der Waals surface area (Å²) in [7, 11) is 0. The van der Waals surface area contributed by atoms with Crippen molar-refractivity contribution in [2.24, 2.45) is 16.7 Å². The highest BCUT2D eigenvalue weighted by atomic mass is 16.3. The van der Waals surface area contributed by atoms with E-state index in [1.54, 1.807) is 0 Å². The SMILES string of the molecule is CCC(C)C(O)C1(C#N)CCC(C)(C)CC1. The Bertz CT molecular complexity index is 267. The molecule has 0 aliphatic heterocycles. The van der Waals surface area contributed by atoms with Crippen LogP contribution in [-0.2, 0) is 0 Å². The molecule has 0 amide bonds. The molecular formula is C14H25NO.